The number of alkyl halides is 3. The van der Waals surface area contributed by atoms with E-state index < -0.39 is 11.7 Å². The molecule has 0 fully saturated rings. The molecule has 0 N–H and O–H groups in total. The molecule has 2 aromatic carbocycles. The number of aliphatic imine (C=N–C) groups is 1. The molecule has 1 aliphatic heterocycles. The monoisotopic (exact) mass is 398 g/mol. The Labute approximate surface area is 159 Å². The van der Waals surface area contributed by atoms with Gasteiger partial charge < -0.3 is 4.90 Å². The van der Waals surface area contributed by atoms with Gasteiger partial charge in [0.2, 0.25) is 0 Å². The molecular formula is C19H15Cl2F3N2. The molecule has 0 atom stereocenters. The lowest BCUT2D eigenvalue weighted by atomic mass is 10.0. The molecule has 1 aliphatic rings. The Morgan fingerprint density at radius 1 is 1.04 bits per heavy atom. The van der Waals surface area contributed by atoms with Gasteiger partial charge in [0.25, 0.3) is 0 Å². The Morgan fingerprint density at radius 2 is 1.81 bits per heavy atom. The highest BCUT2D eigenvalue weighted by molar-refractivity contribution is 6.42. The average Bonchev–Trinajstić information content (AvgIpc) is 2.74. The number of hydrogen-bond acceptors (Lipinski definition) is 2. The number of nitrogens with zero attached hydrogens (tertiary/aromatic N) is 2. The molecule has 0 unspecified atom stereocenters. The van der Waals surface area contributed by atoms with Gasteiger partial charge in [0, 0.05) is 24.8 Å². The van der Waals surface area contributed by atoms with Gasteiger partial charge in [-0.15, -0.1) is 0 Å². The van der Waals surface area contributed by atoms with Gasteiger partial charge in [-0.2, -0.15) is 13.2 Å². The molecule has 1 heterocycles. The van der Waals surface area contributed by atoms with E-state index >= 15 is 0 Å². The van der Waals surface area contributed by atoms with E-state index in [2.05, 4.69) is 4.99 Å². The average molecular weight is 399 g/mol. The lowest BCUT2D eigenvalue weighted by molar-refractivity contribution is -0.137. The van der Waals surface area contributed by atoms with Crippen molar-refractivity contribution < 1.29 is 13.2 Å². The fraction of sp³-hybridized carbons (Fsp3) is 0.211. The Bertz CT molecular complexity index is 889. The van der Waals surface area contributed by atoms with Crippen molar-refractivity contribution in [2.45, 2.75) is 6.18 Å². The number of likely N-dealkylation sites (N-methyl/N-ethyl adjacent to an activating group) is 1. The Balaban J connectivity index is 2.02. The lowest BCUT2D eigenvalue weighted by Gasteiger charge is -2.20. The quantitative estimate of drug-likeness (QED) is 0.608. The predicted molar refractivity (Wildman–Crippen MR) is 102 cm³/mol. The van der Waals surface area contributed by atoms with Gasteiger partial charge in [0.15, 0.2) is 0 Å². The summed E-state index contributed by atoms with van der Waals surface area (Å²) in [6, 6.07) is 8.88. The smallest absolute Gasteiger partial charge is 0.372 e. The van der Waals surface area contributed by atoms with Crippen molar-refractivity contribution in [3.63, 3.8) is 0 Å². The van der Waals surface area contributed by atoms with Gasteiger partial charge in [-0.1, -0.05) is 35.3 Å². The molecule has 26 heavy (non-hydrogen) atoms. The van der Waals surface area contributed by atoms with E-state index in [1.807, 2.05) is 11.9 Å². The standard InChI is InChI=1S/C19H15Cl2F3N2/c1-26-9-8-25-17(6-3-12-2-5-15(20)16(21)10-12)14-11-13(19(22,23)24)4-7-18(14)26/h2-7,10-11H,8-9H2,1H3/b6-3+. The molecule has 0 aliphatic carbocycles. The van der Waals surface area contributed by atoms with Crippen molar-refractivity contribution >= 4 is 40.7 Å². The Morgan fingerprint density at radius 3 is 2.50 bits per heavy atom. The third-order valence-electron chi connectivity index (χ3n) is 4.11. The minimum absolute atomic E-state index is 0.413. The first-order valence-electron chi connectivity index (χ1n) is 7.86. The van der Waals surface area contributed by atoms with Crippen LogP contribution in [0, 0.1) is 0 Å². The second kappa shape index (κ2) is 7.33. The largest absolute Gasteiger partial charge is 0.416 e. The van der Waals surface area contributed by atoms with Crippen LogP contribution in [0.15, 0.2) is 47.5 Å². The molecule has 0 spiro atoms. The number of allylic oxidation sites excluding steroid dienone is 1. The second-order valence-electron chi connectivity index (χ2n) is 5.93. The zero-order valence-corrected chi connectivity index (χ0v) is 15.3. The zero-order valence-electron chi connectivity index (χ0n) is 13.8. The SMILES string of the molecule is CN1CCN=C(/C=C/c2ccc(Cl)c(Cl)c2)c2cc(C(F)(F)F)ccc21. The van der Waals surface area contributed by atoms with Crippen LogP contribution in [0.2, 0.25) is 10.0 Å². The molecule has 0 bridgehead atoms. The summed E-state index contributed by atoms with van der Waals surface area (Å²) in [7, 11) is 1.84. The van der Waals surface area contributed by atoms with E-state index in [-0.39, 0.29) is 0 Å². The third kappa shape index (κ3) is 4.05. The minimum atomic E-state index is -4.40. The molecule has 0 radical (unpaired) electrons. The maximum Gasteiger partial charge on any atom is 0.416 e. The summed E-state index contributed by atoms with van der Waals surface area (Å²) < 4.78 is 39.4. The Kier molecular flexibility index (Phi) is 5.30. The summed E-state index contributed by atoms with van der Waals surface area (Å²) in [5, 5.41) is 0.855. The van der Waals surface area contributed by atoms with Crippen molar-refractivity contribution in [1.82, 2.24) is 0 Å². The lowest BCUT2D eigenvalue weighted by Crippen LogP contribution is -2.20. The van der Waals surface area contributed by atoms with Crippen LogP contribution in [0.5, 0.6) is 0 Å². The highest BCUT2D eigenvalue weighted by atomic mass is 35.5. The molecule has 2 nitrogen and oxygen atoms in total. The normalized spacial score (nSPS) is 15.0. The summed E-state index contributed by atoms with van der Waals surface area (Å²) >= 11 is 11.9. The van der Waals surface area contributed by atoms with E-state index in [0.29, 0.717) is 40.1 Å². The van der Waals surface area contributed by atoms with Crippen LogP contribution in [0.3, 0.4) is 0 Å². The van der Waals surface area contributed by atoms with Crippen LogP contribution < -0.4 is 4.90 Å². The van der Waals surface area contributed by atoms with Crippen molar-refractivity contribution in [1.29, 1.82) is 0 Å². The van der Waals surface area contributed by atoms with Gasteiger partial charge in [0.05, 0.1) is 27.9 Å². The topological polar surface area (TPSA) is 15.6 Å². The summed E-state index contributed by atoms with van der Waals surface area (Å²) in [5.41, 5.74) is 1.76. The second-order valence-corrected chi connectivity index (χ2v) is 6.74. The van der Waals surface area contributed by atoms with Gasteiger partial charge in [-0.3, -0.25) is 4.99 Å². The number of rotatable bonds is 2. The van der Waals surface area contributed by atoms with Crippen molar-refractivity contribution in [3.8, 4) is 0 Å². The third-order valence-corrected chi connectivity index (χ3v) is 4.84. The van der Waals surface area contributed by atoms with Crippen LogP contribution in [0.1, 0.15) is 16.7 Å². The number of benzodiazepines with no additional fused rings is 1. The molecule has 0 aromatic heterocycles. The summed E-state index contributed by atoms with van der Waals surface area (Å²) in [6.07, 6.45) is -0.938. The number of hydrogen-bond donors (Lipinski definition) is 0. The van der Waals surface area contributed by atoms with Crippen molar-refractivity contribution in [2.75, 3.05) is 25.0 Å². The van der Waals surface area contributed by atoms with E-state index in [0.717, 1.165) is 17.7 Å². The van der Waals surface area contributed by atoms with Gasteiger partial charge in [-0.25, -0.2) is 0 Å². The number of benzene rings is 2. The highest BCUT2D eigenvalue weighted by Gasteiger charge is 2.32. The maximum absolute atomic E-state index is 13.1. The van der Waals surface area contributed by atoms with Crippen molar-refractivity contribution in [2.24, 2.45) is 4.99 Å². The zero-order chi connectivity index (χ0) is 18.9. The van der Waals surface area contributed by atoms with Crippen LogP contribution in [0.25, 0.3) is 6.08 Å². The minimum Gasteiger partial charge on any atom is -0.372 e. The molecule has 136 valence electrons. The molecular weight excluding hydrogens is 384 g/mol. The van der Waals surface area contributed by atoms with Crippen LogP contribution in [-0.2, 0) is 6.18 Å². The Hall–Kier alpha value is -1.98. The summed E-state index contributed by atoms with van der Waals surface area (Å²) in [6.45, 7) is 1.12. The van der Waals surface area contributed by atoms with Crippen LogP contribution in [0.4, 0.5) is 18.9 Å². The predicted octanol–water partition coefficient (Wildman–Crippen LogP) is 5.96. The van der Waals surface area contributed by atoms with E-state index in [1.165, 1.54) is 6.07 Å². The summed E-state index contributed by atoms with van der Waals surface area (Å²) in [4.78, 5) is 6.36. The molecule has 3 rings (SSSR count). The van der Waals surface area contributed by atoms with E-state index in [4.69, 9.17) is 23.2 Å². The summed E-state index contributed by atoms with van der Waals surface area (Å²) in [5.74, 6) is 0. The number of fused-ring (bicyclic) bond motifs is 1. The van der Waals surface area contributed by atoms with Gasteiger partial charge >= 0.3 is 6.18 Å². The maximum atomic E-state index is 13.1. The van der Waals surface area contributed by atoms with Gasteiger partial charge in [-0.05, 0) is 42.0 Å². The molecule has 0 saturated carbocycles. The van der Waals surface area contributed by atoms with Crippen molar-refractivity contribution in [3.05, 3.63) is 69.2 Å². The first-order valence-corrected chi connectivity index (χ1v) is 8.61. The molecule has 2 aromatic rings. The fourth-order valence-corrected chi connectivity index (χ4v) is 3.02. The number of anilines is 1. The first-order chi connectivity index (χ1) is 12.3. The highest BCUT2D eigenvalue weighted by Crippen LogP contribution is 2.34. The van der Waals surface area contributed by atoms with E-state index in [9.17, 15) is 13.2 Å². The fourth-order valence-electron chi connectivity index (χ4n) is 2.71. The van der Waals surface area contributed by atoms with Crippen LogP contribution >= 0.6 is 23.2 Å². The number of halogens is 5. The van der Waals surface area contributed by atoms with Crippen LogP contribution in [-0.4, -0.2) is 25.8 Å². The van der Waals surface area contributed by atoms with E-state index in [1.54, 1.807) is 30.4 Å². The molecule has 0 amide bonds. The molecule has 0 saturated heterocycles. The molecule has 7 heteroatoms. The van der Waals surface area contributed by atoms with Gasteiger partial charge in [0.1, 0.15) is 0 Å². The first kappa shape index (κ1) is 18.8.